The zero-order valence-corrected chi connectivity index (χ0v) is 20.1. The molecular weight excluding hydrogens is 505 g/mol. The smallest absolute Gasteiger partial charge is 0.206 e. The number of rotatable bonds is 7. The largest absolute Gasteiger partial charge is 0.392 e. The maximum atomic E-state index is 13.7. The molecule has 0 aliphatic carbocycles. The van der Waals surface area contributed by atoms with Gasteiger partial charge in [-0.3, -0.25) is 9.59 Å². The number of carbonyl (C=O) groups excluding carboxylic acids is 2. The maximum Gasteiger partial charge on any atom is 0.206 e. The Bertz CT molecular complexity index is 1520. The number of aliphatic hydroxyl groups is 1. The highest BCUT2D eigenvalue weighted by molar-refractivity contribution is 7.91. The van der Waals surface area contributed by atoms with Crippen molar-refractivity contribution in [3.63, 3.8) is 0 Å². The SMILES string of the molecule is O=C(Cc1ccc(S(=O)(=O)c2ccccc2CO)cc1)c1ccc(F)cc1F.O=Cc1ccccc1F. The van der Waals surface area contributed by atoms with Crippen LogP contribution in [0.1, 0.15) is 31.8 Å². The molecule has 190 valence electrons. The lowest BCUT2D eigenvalue weighted by atomic mass is 10.0. The fourth-order valence-corrected chi connectivity index (χ4v) is 4.86. The second kappa shape index (κ2) is 12.2. The van der Waals surface area contributed by atoms with Crippen molar-refractivity contribution in [2.75, 3.05) is 0 Å². The summed E-state index contributed by atoms with van der Waals surface area (Å²) in [6, 6.07) is 20.4. The molecule has 0 unspecified atom stereocenters. The molecule has 0 aliphatic rings. The third-order valence-corrected chi connectivity index (χ3v) is 7.16. The molecule has 9 heteroatoms. The van der Waals surface area contributed by atoms with E-state index in [1.54, 1.807) is 24.3 Å². The quantitative estimate of drug-likeness (QED) is 0.259. The summed E-state index contributed by atoms with van der Waals surface area (Å²) in [5.74, 6) is -2.72. The van der Waals surface area contributed by atoms with Crippen LogP contribution < -0.4 is 0 Å². The molecule has 1 N–H and O–H groups in total. The van der Waals surface area contributed by atoms with E-state index < -0.39 is 39.7 Å². The van der Waals surface area contributed by atoms with Crippen LogP contribution >= 0.6 is 0 Å². The highest BCUT2D eigenvalue weighted by atomic mass is 32.2. The van der Waals surface area contributed by atoms with Gasteiger partial charge in [-0.2, -0.15) is 0 Å². The van der Waals surface area contributed by atoms with Gasteiger partial charge in [-0.15, -0.1) is 0 Å². The van der Waals surface area contributed by atoms with Gasteiger partial charge in [-0.25, -0.2) is 21.6 Å². The number of benzene rings is 4. The van der Waals surface area contributed by atoms with E-state index in [0.29, 0.717) is 17.9 Å². The number of Topliss-reactive ketones (excluding diaryl/α,β-unsaturated/α-hetero) is 1. The first-order chi connectivity index (χ1) is 17.7. The molecule has 0 saturated heterocycles. The van der Waals surface area contributed by atoms with Crippen LogP contribution in [0.25, 0.3) is 0 Å². The van der Waals surface area contributed by atoms with Crippen LogP contribution in [0.15, 0.2) is 101 Å². The van der Waals surface area contributed by atoms with E-state index in [1.165, 1.54) is 48.5 Å². The molecule has 4 aromatic rings. The van der Waals surface area contributed by atoms with Crippen LogP contribution in [0.4, 0.5) is 13.2 Å². The maximum absolute atomic E-state index is 13.7. The Morgan fingerprint density at radius 2 is 1.46 bits per heavy atom. The van der Waals surface area contributed by atoms with Crippen LogP contribution in [-0.2, 0) is 22.9 Å². The summed E-state index contributed by atoms with van der Waals surface area (Å²) in [5.41, 5.74) is 0.657. The highest BCUT2D eigenvalue weighted by Gasteiger charge is 2.21. The van der Waals surface area contributed by atoms with Gasteiger partial charge >= 0.3 is 0 Å². The first-order valence-corrected chi connectivity index (χ1v) is 12.4. The molecule has 0 aromatic heterocycles. The molecule has 5 nitrogen and oxygen atoms in total. The van der Waals surface area contributed by atoms with E-state index in [9.17, 15) is 36.3 Å². The normalized spacial score (nSPS) is 10.8. The van der Waals surface area contributed by atoms with E-state index in [0.717, 1.165) is 12.1 Å². The fourth-order valence-electron chi connectivity index (χ4n) is 3.38. The van der Waals surface area contributed by atoms with Crippen molar-refractivity contribution in [1.82, 2.24) is 0 Å². The first-order valence-electron chi connectivity index (χ1n) is 10.9. The number of aliphatic hydroxyl groups excluding tert-OH is 1. The van der Waals surface area contributed by atoms with E-state index in [1.807, 2.05) is 0 Å². The predicted octanol–water partition coefficient (Wildman–Crippen LogP) is 5.35. The van der Waals surface area contributed by atoms with Crippen molar-refractivity contribution in [1.29, 1.82) is 0 Å². The van der Waals surface area contributed by atoms with Gasteiger partial charge in [0.05, 0.1) is 27.5 Å². The second-order valence-electron chi connectivity index (χ2n) is 7.78. The van der Waals surface area contributed by atoms with Crippen LogP contribution in [-0.4, -0.2) is 25.6 Å². The topological polar surface area (TPSA) is 88.5 Å². The molecule has 0 spiro atoms. The molecule has 37 heavy (non-hydrogen) atoms. The average molecular weight is 527 g/mol. The third kappa shape index (κ3) is 6.78. The van der Waals surface area contributed by atoms with E-state index >= 15 is 0 Å². The number of aldehydes is 1. The lowest BCUT2D eigenvalue weighted by Crippen LogP contribution is -2.08. The Kier molecular flexibility index (Phi) is 9.10. The Morgan fingerprint density at radius 3 is 2.05 bits per heavy atom. The molecule has 0 bridgehead atoms. The molecule has 0 radical (unpaired) electrons. The summed E-state index contributed by atoms with van der Waals surface area (Å²) in [6.07, 6.45) is 0.339. The van der Waals surface area contributed by atoms with Gasteiger partial charge in [0.1, 0.15) is 17.5 Å². The summed E-state index contributed by atoms with van der Waals surface area (Å²) in [7, 11) is -3.84. The average Bonchev–Trinajstić information content (AvgIpc) is 2.89. The van der Waals surface area contributed by atoms with Crippen molar-refractivity contribution in [2.24, 2.45) is 0 Å². The summed E-state index contributed by atoms with van der Waals surface area (Å²) in [5, 5.41) is 9.36. The van der Waals surface area contributed by atoms with Gasteiger partial charge in [-0.1, -0.05) is 42.5 Å². The summed E-state index contributed by atoms with van der Waals surface area (Å²) in [4.78, 5) is 22.2. The van der Waals surface area contributed by atoms with Crippen molar-refractivity contribution >= 4 is 21.9 Å². The minimum atomic E-state index is -3.84. The van der Waals surface area contributed by atoms with Crippen molar-refractivity contribution in [2.45, 2.75) is 22.8 Å². The van der Waals surface area contributed by atoms with Gasteiger partial charge in [0, 0.05) is 12.5 Å². The van der Waals surface area contributed by atoms with Gasteiger partial charge in [0.2, 0.25) is 9.84 Å². The minimum absolute atomic E-state index is 0.00899. The predicted molar refractivity (Wildman–Crippen MR) is 130 cm³/mol. The summed E-state index contributed by atoms with van der Waals surface area (Å²) < 4.78 is 64.6. The Morgan fingerprint density at radius 1 is 0.811 bits per heavy atom. The lowest BCUT2D eigenvalue weighted by molar-refractivity contribution is 0.0988. The molecule has 0 fully saturated rings. The number of ketones is 1. The molecule has 0 aliphatic heterocycles. The third-order valence-electron chi connectivity index (χ3n) is 5.29. The van der Waals surface area contributed by atoms with Gasteiger partial charge in [0.25, 0.3) is 0 Å². The molecule has 0 amide bonds. The van der Waals surface area contributed by atoms with Crippen LogP contribution in [0, 0.1) is 17.5 Å². The standard InChI is InChI=1S/C21H16F2O4S.C7H5FO/c22-16-7-10-18(19(23)12-16)20(25)11-14-5-8-17(9-6-14)28(26,27)21-4-2-1-3-15(21)13-24;8-7-4-2-1-3-6(7)5-9/h1-10,12,24H,11,13H2;1-5H. The lowest BCUT2D eigenvalue weighted by Gasteiger charge is -2.09. The second-order valence-corrected chi connectivity index (χ2v) is 9.69. The molecule has 4 aromatic carbocycles. The Labute approximate surface area is 211 Å². The highest BCUT2D eigenvalue weighted by Crippen LogP contribution is 2.25. The molecule has 0 heterocycles. The molecule has 0 atom stereocenters. The number of sulfone groups is 1. The summed E-state index contributed by atoms with van der Waals surface area (Å²) in [6.45, 7) is -0.411. The van der Waals surface area contributed by atoms with Crippen LogP contribution in [0.3, 0.4) is 0 Å². The van der Waals surface area contributed by atoms with Crippen molar-refractivity contribution in [3.05, 3.63) is 131 Å². The van der Waals surface area contributed by atoms with Crippen LogP contribution in [0.5, 0.6) is 0 Å². The van der Waals surface area contributed by atoms with Crippen molar-refractivity contribution < 1.29 is 36.3 Å². The van der Waals surface area contributed by atoms with E-state index in [2.05, 4.69) is 0 Å². The zero-order chi connectivity index (χ0) is 27.0. The van der Waals surface area contributed by atoms with Crippen LogP contribution in [0.2, 0.25) is 0 Å². The minimum Gasteiger partial charge on any atom is -0.392 e. The fraction of sp³-hybridized carbons (Fsp3) is 0.0714. The van der Waals surface area contributed by atoms with Gasteiger partial charge < -0.3 is 5.11 Å². The van der Waals surface area contributed by atoms with Crippen molar-refractivity contribution in [3.8, 4) is 0 Å². The van der Waals surface area contributed by atoms with E-state index in [4.69, 9.17) is 0 Å². The molecular formula is C28H21F3O5S. The summed E-state index contributed by atoms with van der Waals surface area (Å²) >= 11 is 0. The number of halogens is 3. The number of carbonyl (C=O) groups is 2. The molecule has 4 rings (SSSR count). The zero-order valence-electron chi connectivity index (χ0n) is 19.3. The van der Waals surface area contributed by atoms with Gasteiger partial charge in [-0.05, 0) is 53.6 Å². The van der Waals surface area contributed by atoms with Gasteiger partial charge in [0.15, 0.2) is 12.1 Å². The Hall–Kier alpha value is -4.08. The number of hydrogen-bond donors (Lipinski definition) is 1. The Balaban J connectivity index is 0.000000356. The molecule has 0 saturated carbocycles. The monoisotopic (exact) mass is 526 g/mol. The number of hydrogen-bond acceptors (Lipinski definition) is 5. The first kappa shape index (κ1) is 27.5. The van der Waals surface area contributed by atoms with E-state index in [-0.39, 0.29) is 32.9 Å².